The maximum atomic E-state index is 5.55. The molecule has 0 aliphatic rings. The lowest BCUT2D eigenvalue weighted by atomic mass is 10.2. The van der Waals surface area contributed by atoms with Crippen molar-refractivity contribution < 1.29 is 4.42 Å². The summed E-state index contributed by atoms with van der Waals surface area (Å²) in [6.07, 6.45) is 1.69. The molecule has 0 atom stereocenters. The first-order chi connectivity index (χ1) is 12.8. The van der Waals surface area contributed by atoms with Gasteiger partial charge in [-0.25, -0.2) is 0 Å². The molecule has 130 valence electrons. The number of nitrogens with zero attached hydrogens (tertiary/aromatic N) is 3. The van der Waals surface area contributed by atoms with Gasteiger partial charge in [-0.1, -0.05) is 36.4 Å². The summed E-state index contributed by atoms with van der Waals surface area (Å²) < 4.78 is 7.69. The molecule has 0 saturated heterocycles. The Hall–Kier alpha value is -2.70. The minimum atomic E-state index is 0.618. The van der Waals surface area contributed by atoms with Crippen molar-refractivity contribution in [1.29, 1.82) is 0 Å². The maximum absolute atomic E-state index is 5.55. The summed E-state index contributed by atoms with van der Waals surface area (Å²) in [6, 6.07) is 18.3. The Kier molecular flexibility index (Phi) is 4.95. The average molecular weight is 380 g/mol. The normalized spacial score (nSPS) is 12.7. The van der Waals surface area contributed by atoms with Crippen molar-refractivity contribution in [3.63, 3.8) is 0 Å². The van der Waals surface area contributed by atoms with Gasteiger partial charge in [-0.05, 0) is 36.1 Å². The minimum absolute atomic E-state index is 0.618. The van der Waals surface area contributed by atoms with Crippen LogP contribution in [-0.2, 0) is 6.54 Å². The molecular formula is C20H17N3OS2. The molecule has 4 aromatic rings. The molecule has 1 aromatic carbocycles. The molecule has 26 heavy (non-hydrogen) atoms. The Morgan fingerprint density at radius 2 is 1.92 bits per heavy atom. The second kappa shape index (κ2) is 7.68. The van der Waals surface area contributed by atoms with Gasteiger partial charge in [0.15, 0.2) is 0 Å². The standard InChI is InChI=1S/C20H17N3OS2/c1-15(19-10-6-12-25-19)21-22-20-23(13-17-9-5-11-24-17)18(14-26-20)16-7-3-2-4-8-16/h2-12,14H,13H2,1H3. The number of rotatable bonds is 5. The molecule has 0 spiro atoms. The average Bonchev–Trinajstić information content (AvgIpc) is 3.43. The summed E-state index contributed by atoms with van der Waals surface area (Å²) in [5.74, 6) is 0.890. The summed E-state index contributed by atoms with van der Waals surface area (Å²) in [5.41, 5.74) is 3.17. The monoisotopic (exact) mass is 379 g/mol. The number of benzene rings is 1. The second-order valence-electron chi connectivity index (χ2n) is 5.70. The zero-order valence-electron chi connectivity index (χ0n) is 14.2. The van der Waals surface area contributed by atoms with Crippen LogP contribution in [0.25, 0.3) is 11.3 Å². The molecular weight excluding hydrogens is 362 g/mol. The Balaban J connectivity index is 1.78. The minimum Gasteiger partial charge on any atom is -0.467 e. The number of thiophene rings is 1. The van der Waals surface area contributed by atoms with Crippen molar-refractivity contribution in [2.24, 2.45) is 10.2 Å². The fraction of sp³-hybridized carbons (Fsp3) is 0.100. The van der Waals surface area contributed by atoms with Gasteiger partial charge in [0, 0.05) is 5.38 Å². The van der Waals surface area contributed by atoms with Gasteiger partial charge >= 0.3 is 0 Å². The van der Waals surface area contributed by atoms with Crippen LogP contribution in [0.5, 0.6) is 0 Å². The van der Waals surface area contributed by atoms with E-state index in [1.807, 2.05) is 48.7 Å². The zero-order chi connectivity index (χ0) is 17.8. The summed E-state index contributed by atoms with van der Waals surface area (Å²) in [6.45, 7) is 2.60. The highest BCUT2D eigenvalue weighted by molar-refractivity contribution is 7.12. The number of aromatic nitrogens is 1. The third-order valence-electron chi connectivity index (χ3n) is 3.92. The molecule has 0 bridgehead atoms. The van der Waals surface area contributed by atoms with E-state index in [2.05, 4.69) is 38.3 Å². The third-order valence-corrected chi connectivity index (χ3v) is 5.76. The summed E-state index contributed by atoms with van der Waals surface area (Å²) in [7, 11) is 0. The lowest BCUT2D eigenvalue weighted by molar-refractivity contribution is 0.491. The van der Waals surface area contributed by atoms with Crippen molar-refractivity contribution in [2.45, 2.75) is 13.5 Å². The lowest BCUT2D eigenvalue weighted by Gasteiger charge is -2.07. The van der Waals surface area contributed by atoms with Gasteiger partial charge in [0.25, 0.3) is 0 Å². The first-order valence-corrected chi connectivity index (χ1v) is 9.95. The van der Waals surface area contributed by atoms with Crippen LogP contribution in [0, 0.1) is 0 Å². The molecule has 0 saturated carbocycles. The summed E-state index contributed by atoms with van der Waals surface area (Å²) in [5, 5.41) is 13.1. The molecule has 3 aromatic heterocycles. The number of hydrogen-bond acceptors (Lipinski definition) is 5. The van der Waals surface area contributed by atoms with Crippen LogP contribution < -0.4 is 4.80 Å². The summed E-state index contributed by atoms with van der Waals surface area (Å²) in [4.78, 5) is 1.97. The van der Waals surface area contributed by atoms with E-state index in [4.69, 9.17) is 4.42 Å². The molecule has 0 radical (unpaired) electrons. The van der Waals surface area contributed by atoms with Gasteiger partial charge in [0.05, 0.1) is 29.1 Å². The largest absolute Gasteiger partial charge is 0.467 e. The molecule has 0 aliphatic heterocycles. The SMILES string of the molecule is CC(=NN=c1scc(-c2ccccc2)n1Cc1ccco1)c1cccs1. The topological polar surface area (TPSA) is 42.8 Å². The van der Waals surface area contributed by atoms with E-state index in [0.29, 0.717) is 6.54 Å². The van der Waals surface area contributed by atoms with Gasteiger partial charge in [-0.15, -0.1) is 27.8 Å². The van der Waals surface area contributed by atoms with Crippen LogP contribution in [0.3, 0.4) is 0 Å². The Morgan fingerprint density at radius 1 is 1.04 bits per heavy atom. The van der Waals surface area contributed by atoms with Crippen molar-refractivity contribution in [3.05, 3.63) is 87.1 Å². The zero-order valence-corrected chi connectivity index (χ0v) is 15.8. The van der Waals surface area contributed by atoms with Gasteiger partial charge in [-0.2, -0.15) is 5.10 Å². The molecule has 0 unspecified atom stereocenters. The molecule has 6 heteroatoms. The molecule has 0 N–H and O–H groups in total. The van der Waals surface area contributed by atoms with E-state index >= 15 is 0 Å². The fourth-order valence-corrected chi connectivity index (χ4v) is 4.14. The van der Waals surface area contributed by atoms with E-state index < -0.39 is 0 Å². The van der Waals surface area contributed by atoms with Crippen LogP contribution in [0.4, 0.5) is 0 Å². The number of thiazole rings is 1. The lowest BCUT2D eigenvalue weighted by Crippen LogP contribution is -2.16. The van der Waals surface area contributed by atoms with Crippen LogP contribution >= 0.6 is 22.7 Å². The number of furan rings is 1. The molecule has 3 heterocycles. The van der Waals surface area contributed by atoms with Gasteiger partial charge in [-0.3, -0.25) is 0 Å². The predicted octanol–water partition coefficient (Wildman–Crippen LogP) is 5.24. The Morgan fingerprint density at radius 3 is 2.65 bits per heavy atom. The fourth-order valence-electron chi connectivity index (χ4n) is 2.61. The van der Waals surface area contributed by atoms with Crippen molar-refractivity contribution in [3.8, 4) is 11.3 Å². The molecule has 4 nitrogen and oxygen atoms in total. The van der Waals surface area contributed by atoms with Gasteiger partial charge in [0.1, 0.15) is 5.76 Å². The highest BCUT2D eigenvalue weighted by Crippen LogP contribution is 2.21. The first kappa shape index (κ1) is 16.8. The quantitative estimate of drug-likeness (QED) is 0.345. The third kappa shape index (κ3) is 3.61. The molecule has 0 fully saturated rings. The molecule has 0 amide bonds. The second-order valence-corrected chi connectivity index (χ2v) is 7.48. The predicted molar refractivity (Wildman–Crippen MR) is 108 cm³/mol. The summed E-state index contributed by atoms with van der Waals surface area (Å²) >= 11 is 3.25. The van der Waals surface area contributed by atoms with E-state index in [1.54, 1.807) is 28.9 Å². The van der Waals surface area contributed by atoms with Crippen molar-refractivity contribution in [1.82, 2.24) is 4.57 Å². The van der Waals surface area contributed by atoms with Gasteiger partial charge in [0.2, 0.25) is 4.80 Å². The van der Waals surface area contributed by atoms with Crippen LogP contribution in [0.1, 0.15) is 17.6 Å². The highest BCUT2D eigenvalue weighted by atomic mass is 32.1. The van der Waals surface area contributed by atoms with Crippen LogP contribution in [0.2, 0.25) is 0 Å². The smallest absolute Gasteiger partial charge is 0.211 e. The first-order valence-electron chi connectivity index (χ1n) is 8.19. The van der Waals surface area contributed by atoms with Crippen LogP contribution in [0.15, 0.2) is 86.2 Å². The number of hydrogen-bond donors (Lipinski definition) is 0. The van der Waals surface area contributed by atoms with Gasteiger partial charge < -0.3 is 8.98 Å². The molecule has 4 rings (SSSR count). The Labute approximate surface area is 159 Å². The van der Waals surface area contributed by atoms with E-state index in [1.165, 1.54) is 0 Å². The van der Waals surface area contributed by atoms with E-state index in [-0.39, 0.29) is 0 Å². The highest BCUT2D eigenvalue weighted by Gasteiger charge is 2.10. The van der Waals surface area contributed by atoms with Crippen molar-refractivity contribution in [2.75, 3.05) is 0 Å². The van der Waals surface area contributed by atoms with Crippen molar-refractivity contribution >= 4 is 28.4 Å². The Bertz CT molecular complexity index is 1060. The maximum Gasteiger partial charge on any atom is 0.211 e. The van der Waals surface area contributed by atoms with E-state index in [9.17, 15) is 0 Å². The molecule has 0 aliphatic carbocycles. The van der Waals surface area contributed by atoms with Crippen LogP contribution in [-0.4, -0.2) is 10.3 Å². The van der Waals surface area contributed by atoms with E-state index in [0.717, 1.165) is 32.4 Å².